The first-order valence-corrected chi connectivity index (χ1v) is 8.16. The van der Waals surface area contributed by atoms with Gasteiger partial charge < -0.3 is 10.1 Å². The normalized spacial score (nSPS) is 11.3. The Labute approximate surface area is 156 Å². The first-order chi connectivity index (χ1) is 12.6. The smallest absolute Gasteiger partial charge is 0.412 e. The summed E-state index contributed by atoms with van der Waals surface area (Å²) < 4.78 is 31.9. The second kappa shape index (κ2) is 8.44. The molecule has 0 bridgehead atoms. The van der Waals surface area contributed by atoms with Crippen molar-refractivity contribution < 1.29 is 23.1 Å². The Hall–Kier alpha value is -3.22. The largest absolute Gasteiger partial charge is 0.444 e. The molecule has 142 valence electrons. The van der Waals surface area contributed by atoms with Crippen molar-refractivity contribution in [2.45, 2.75) is 26.4 Å². The van der Waals surface area contributed by atoms with Gasteiger partial charge in [0, 0.05) is 11.8 Å². The van der Waals surface area contributed by atoms with Crippen molar-refractivity contribution in [1.29, 1.82) is 0 Å². The Morgan fingerprint density at radius 1 is 1.00 bits per heavy atom. The van der Waals surface area contributed by atoms with E-state index in [9.17, 15) is 18.4 Å². The monoisotopic (exact) mass is 374 g/mol. The van der Waals surface area contributed by atoms with Crippen molar-refractivity contribution in [2.75, 3.05) is 10.6 Å². The van der Waals surface area contributed by atoms with Crippen LogP contribution in [0.5, 0.6) is 0 Å². The fourth-order valence-corrected chi connectivity index (χ4v) is 2.04. The first kappa shape index (κ1) is 20.1. The van der Waals surface area contributed by atoms with Gasteiger partial charge >= 0.3 is 6.09 Å². The summed E-state index contributed by atoms with van der Waals surface area (Å²) in [6.07, 6.45) is 1.97. The molecule has 0 fully saturated rings. The number of hydrogen-bond acceptors (Lipinski definition) is 3. The van der Waals surface area contributed by atoms with Crippen molar-refractivity contribution in [2.24, 2.45) is 0 Å². The van der Waals surface area contributed by atoms with Crippen LogP contribution in [0.1, 0.15) is 26.3 Å². The number of halogens is 2. The van der Waals surface area contributed by atoms with E-state index in [0.29, 0.717) is 5.56 Å². The molecule has 0 atom stereocenters. The molecular formula is C20H20F2N2O3. The standard InChI is InChI=1S/C20H20F2N2O3/c1-20(2,3)27-19(26)23-15-9-10-16(22)17(12-15)24-18(25)11-6-13-4-7-14(21)8-5-13/h4-12H,1-3H3,(H,23,26)(H,24,25)/b11-6+. The van der Waals surface area contributed by atoms with Gasteiger partial charge in [-0.3, -0.25) is 10.1 Å². The quantitative estimate of drug-likeness (QED) is 0.743. The molecule has 0 aliphatic rings. The third-order valence-corrected chi connectivity index (χ3v) is 3.17. The van der Waals surface area contributed by atoms with Crippen LogP contribution >= 0.6 is 0 Å². The van der Waals surface area contributed by atoms with Gasteiger partial charge in [-0.25, -0.2) is 13.6 Å². The molecular weight excluding hydrogens is 354 g/mol. The summed E-state index contributed by atoms with van der Waals surface area (Å²) in [7, 11) is 0. The fourth-order valence-electron chi connectivity index (χ4n) is 2.04. The van der Waals surface area contributed by atoms with Crippen molar-refractivity contribution in [3.63, 3.8) is 0 Å². The highest BCUT2D eigenvalue weighted by molar-refractivity contribution is 6.02. The maximum absolute atomic E-state index is 13.9. The molecule has 2 amide bonds. The van der Waals surface area contributed by atoms with Crippen LogP contribution in [-0.4, -0.2) is 17.6 Å². The molecule has 0 heterocycles. The minimum absolute atomic E-state index is 0.0997. The van der Waals surface area contributed by atoms with Gasteiger partial charge in [0.1, 0.15) is 17.2 Å². The highest BCUT2D eigenvalue weighted by Gasteiger charge is 2.16. The van der Waals surface area contributed by atoms with Crippen LogP contribution in [0.2, 0.25) is 0 Å². The number of nitrogens with one attached hydrogen (secondary N) is 2. The number of ether oxygens (including phenoxy) is 1. The number of carbonyl (C=O) groups is 2. The van der Waals surface area contributed by atoms with E-state index < -0.39 is 23.4 Å². The highest BCUT2D eigenvalue weighted by Crippen LogP contribution is 2.20. The van der Waals surface area contributed by atoms with Crippen LogP contribution < -0.4 is 10.6 Å². The molecule has 0 aliphatic carbocycles. The zero-order valence-corrected chi connectivity index (χ0v) is 15.2. The average molecular weight is 374 g/mol. The number of rotatable bonds is 4. The summed E-state index contributed by atoms with van der Waals surface area (Å²) in [6, 6.07) is 9.29. The number of hydrogen-bond donors (Lipinski definition) is 2. The van der Waals surface area contributed by atoms with Crippen LogP contribution in [0, 0.1) is 11.6 Å². The van der Waals surface area contributed by atoms with Crippen molar-refractivity contribution in [3.05, 3.63) is 65.7 Å². The summed E-state index contributed by atoms with van der Waals surface area (Å²) in [5.41, 5.74) is 0.111. The Kier molecular flexibility index (Phi) is 6.28. The van der Waals surface area contributed by atoms with Crippen molar-refractivity contribution in [1.82, 2.24) is 0 Å². The molecule has 7 heteroatoms. The topological polar surface area (TPSA) is 67.4 Å². The molecule has 27 heavy (non-hydrogen) atoms. The Bertz CT molecular complexity index is 857. The zero-order chi connectivity index (χ0) is 20.0. The van der Waals surface area contributed by atoms with Gasteiger partial charge in [-0.2, -0.15) is 0 Å². The molecule has 5 nitrogen and oxygen atoms in total. The van der Waals surface area contributed by atoms with Crippen LogP contribution in [-0.2, 0) is 9.53 Å². The zero-order valence-electron chi connectivity index (χ0n) is 15.2. The molecule has 0 saturated heterocycles. The summed E-state index contributed by atoms with van der Waals surface area (Å²) in [5, 5.41) is 4.86. The summed E-state index contributed by atoms with van der Waals surface area (Å²) in [4.78, 5) is 23.8. The predicted octanol–water partition coefficient (Wildman–Crippen LogP) is 4.96. The van der Waals surface area contributed by atoms with E-state index in [2.05, 4.69) is 10.6 Å². The maximum atomic E-state index is 13.9. The lowest BCUT2D eigenvalue weighted by Crippen LogP contribution is -2.27. The third kappa shape index (κ3) is 6.89. The van der Waals surface area contributed by atoms with Crippen molar-refractivity contribution >= 4 is 29.5 Å². The number of carbonyl (C=O) groups excluding carboxylic acids is 2. The lowest BCUT2D eigenvalue weighted by Gasteiger charge is -2.19. The number of amides is 2. The summed E-state index contributed by atoms with van der Waals surface area (Å²) in [6.45, 7) is 5.16. The number of benzene rings is 2. The molecule has 2 aromatic rings. The number of anilines is 2. The van der Waals surface area contributed by atoms with Gasteiger partial charge in [0.2, 0.25) is 5.91 Å². The molecule has 2 N–H and O–H groups in total. The minimum atomic E-state index is -0.692. The lowest BCUT2D eigenvalue weighted by molar-refractivity contribution is -0.111. The third-order valence-electron chi connectivity index (χ3n) is 3.17. The second-order valence-electron chi connectivity index (χ2n) is 6.70. The molecule has 0 radical (unpaired) electrons. The summed E-state index contributed by atoms with van der Waals surface area (Å²) >= 11 is 0. The van der Waals surface area contributed by atoms with E-state index in [0.717, 1.165) is 6.07 Å². The van der Waals surface area contributed by atoms with Crippen LogP contribution in [0.25, 0.3) is 6.08 Å². The van der Waals surface area contributed by atoms with Gasteiger partial charge in [0.15, 0.2) is 0 Å². The average Bonchev–Trinajstić information content (AvgIpc) is 2.55. The van der Waals surface area contributed by atoms with Gasteiger partial charge in [0.25, 0.3) is 0 Å². The molecule has 0 saturated carbocycles. The fraction of sp³-hybridized carbons (Fsp3) is 0.200. The first-order valence-electron chi connectivity index (χ1n) is 8.16. The Morgan fingerprint density at radius 3 is 2.30 bits per heavy atom. The Morgan fingerprint density at radius 2 is 1.67 bits per heavy atom. The SMILES string of the molecule is CC(C)(C)OC(=O)Nc1ccc(F)c(NC(=O)/C=C/c2ccc(F)cc2)c1. The molecule has 2 aromatic carbocycles. The van der Waals surface area contributed by atoms with E-state index in [4.69, 9.17) is 4.74 Å². The van der Waals surface area contributed by atoms with E-state index in [1.807, 2.05) is 0 Å². The highest BCUT2D eigenvalue weighted by atomic mass is 19.1. The van der Waals surface area contributed by atoms with Crippen LogP contribution in [0.15, 0.2) is 48.5 Å². The molecule has 0 spiro atoms. The van der Waals surface area contributed by atoms with Crippen LogP contribution in [0.4, 0.5) is 25.0 Å². The second-order valence-corrected chi connectivity index (χ2v) is 6.70. The molecule has 2 rings (SSSR count). The van der Waals surface area contributed by atoms with E-state index in [-0.39, 0.29) is 17.2 Å². The summed E-state index contributed by atoms with van der Waals surface area (Å²) in [5.74, 6) is -1.62. The minimum Gasteiger partial charge on any atom is -0.444 e. The predicted molar refractivity (Wildman–Crippen MR) is 100 cm³/mol. The van der Waals surface area contributed by atoms with E-state index in [1.165, 1.54) is 48.6 Å². The molecule has 0 unspecified atom stereocenters. The van der Waals surface area contributed by atoms with Crippen molar-refractivity contribution in [3.8, 4) is 0 Å². The maximum Gasteiger partial charge on any atom is 0.412 e. The van der Waals surface area contributed by atoms with Gasteiger partial charge in [-0.1, -0.05) is 12.1 Å². The van der Waals surface area contributed by atoms with Crippen LogP contribution in [0.3, 0.4) is 0 Å². The van der Waals surface area contributed by atoms with Gasteiger partial charge in [0.05, 0.1) is 5.69 Å². The molecule has 0 aromatic heterocycles. The lowest BCUT2D eigenvalue weighted by atomic mass is 10.2. The van der Waals surface area contributed by atoms with E-state index >= 15 is 0 Å². The Balaban J connectivity index is 2.03. The van der Waals surface area contributed by atoms with Gasteiger partial charge in [-0.15, -0.1) is 0 Å². The molecule has 0 aliphatic heterocycles. The van der Waals surface area contributed by atoms with Gasteiger partial charge in [-0.05, 0) is 62.7 Å². The van der Waals surface area contributed by atoms with E-state index in [1.54, 1.807) is 20.8 Å².